The Morgan fingerprint density at radius 3 is 2.88 bits per heavy atom. The summed E-state index contributed by atoms with van der Waals surface area (Å²) in [6.07, 6.45) is 5.96. The van der Waals surface area contributed by atoms with Crippen LogP contribution in [0.25, 0.3) is 0 Å². The first-order valence-corrected chi connectivity index (χ1v) is 6.41. The van der Waals surface area contributed by atoms with Crippen molar-refractivity contribution in [2.24, 2.45) is 13.0 Å². The van der Waals surface area contributed by atoms with Gasteiger partial charge in [0.15, 0.2) is 0 Å². The van der Waals surface area contributed by atoms with Crippen LogP contribution in [-0.4, -0.2) is 25.6 Å². The molecule has 96 valence electrons. The molecule has 1 aliphatic rings. The molecule has 0 amide bonds. The number of aliphatic hydroxyl groups excluding tert-OH is 1. The van der Waals surface area contributed by atoms with Gasteiger partial charge in [-0.05, 0) is 31.6 Å². The molecule has 0 aliphatic heterocycles. The van der Waals surface area contributed by atoms with E-state index in [0.717, 1.165) is 25.7 Å². The van der Waals surface area contributed by atoms with Gasteiger partial charge in [0, 0.05) is 7.05 Å². The molecule has 5 nitrogen and oxygen atoms in total. The molecule has 0 aromatic carbocycles. The fourth-order valence-corrected chi connectivity index (χ4v) is 2.82. The molecular formula is C12H21N3O2. The zero-order valence-electron chi connectivity index (χ0n) is 10.5. The number of rotatable bonds is 3. The zero-order valence-corrected chi connectivity index (χ0v) is 10.5. The minimum Gasteiger partial charge on any atom is -0.393 e. The quantitative estimate of drug-likeness (QED) is 0.858. The number of aromatic nitrogens is 3. The van der Waals surface area contributed by atoms with E-state index >= 15 is 0 Å². The average molecular weight is 239 g/mol. The van der Waals surface area contributed by atoms with E-state index in [1.54, 1.807) is 18.1 Å². The van der Waals surface area contributed by atoms with E-state index in [4.69, 9.17) is 0 Å². The second kappa shape index (κ2) is 5.04. The third-order valence-electron chi connectivity index (χ3n) is 3.75. The molecule has 0 radical (unpaired) electrons. The predicted octanol–water partition coefficient (Wildman–Crippen LogP) is 1.08. The lowest BCUT2D eigenvalue weighted by Crippen LogP contribution is -2.36. The standard InChI is InChI=1S/C12H21N3O2/c1-3-4-9-5-6-10(16)7-11(9)15-12(17)14(2)8-13-15/h8-11,16H,3-7H2,1-2H3. The molecular weight excluding hydrogens is 218 g/mol. The lowest BCUT2D eigenvalue weighted by molar-refractivity contribution is 0.0633. The number of nitrogens with zero attached hydrogens (tertiary/aromatic N) is 3. The van der Waals surface area contributed by atoms with Gasteiger partial charge in [-0.3, -0.25) is 4.57 Å². The fraction of sp³-hybridized carbons (Fsp3) is 0.833. The molecule has 3 atom stereocenters. The molecule has 0 saturated heterocycles. The summed E-state index contributed by atoms with van der Waals surface area (Å²) in [6.45, 7) is 2.16. The van der Waals surface area contributed by atoms with Gasteiger partial charge in [0.2, 0.25) is 0 Å². The summed E-state index contributed by atoms with van der Waals surface area (Å²) in [4.78, 5) is 11.9. The minimum absolute atomic E-state index is 0.0624. The molecule has 1 fully saturated rings. The molecule has 1 aromatic heterocycles. The Kier molecular flexibility index (Phi) is 3.66. The Morgan fingerprint density at radius 2 is 2.29 bits per heavy atom. The van der Waals surface area contributed by atoms with E-state index in [0.29, 0.717) is 12.3 Å². The summed E-state index contributed by atoms with van der Waals surface area (Å²) in [5, 5.41) is 13.9. The van der Waals surface area contributed by atoms with Gasteiger partial charge in [-0.15, -0.1) is 0 Å². The fourth-order valence-electron chi connectivity index (χ4n) is 2.82. The van der Waals surface area contributed by atoms with E-state index in [2.05, 4.69) is 12.0 Å². The molecule has 1 N–H and O–H groups in total. The van der Waals surface area contributed by atoms with Crippen LogP contribution in [-0.2, 0) is 7.05 Å². The largest absolute Gasteiger partial charge is 0.393 e. The third kappa shape index (κ3) is 2.44. The van der Waals surface area contributed by atoms with Crippen LogP contribution < -0.4 is 5.69 Å². The summed E-state index contributed by atoms with van der Waals surface area (Å²) in [5.74, 6) is 0.469. The highest BCUT2D eigenvalue weighted by molar-refractivity contribution is 4.85. The van der Waals surface area contributed by atoms with Crippen LogP contribution in [0.2, 0.25) is 0 Å². The van der Waals surface area contributed by atoms with Crippen LogP contribution in [0.1, 0.15) is 45.1 Å². The summed E-state index contributed by atoms with van der Waals surface area (Å²) in [5.41, 5.74) is -0.0785. The van der Waals surface area contributed by atoms with Crippen LogP contribution in [0.5, 0.6) is 0 Å². The average Bonchev–Trinajstić information content (AvgIpc) is 2.63. The van der Waals surface area contributed by atoms with Gasteiger partial charge in [0.05, 0.1) is 12.1 Å². The zero-order chi connectivity index (χ0) is 12.4. The monoisotopic (exact) mass is 239 g/mol. The minimum atomic E-state index is -0.290. The Bertz CT molecular complexity index is 424. The number of hydrogen-bond donors (Lipinski definition) is 1. The van der Waals surface area contributed by atoms with Crippen molar-refractivity contribution in [3.05, 3.63) is 16.8 Å². The Balaban J connectivity index is 2.25. The van der Waals surface area contributed by atoms with Crippen LogP contribution in [0.15, 0.2) is 11.1 Å². The van der Waals surface area contributed by atoms with Gasteiger partial charge in [-0.2, -0.15) is 5.10 Å². The first-order valence-electron chi connectivity index (χ1n) is 6.41. The van der Waals surface area contributed by atoms with Crippen LogP contribution >= 0.6 is 0 Å². The molecule has 2 rings (SSSR count). The van der Waals surface area contributed by atoms with Gasteiger partial charge < -0.3 is 5.11 Å². The van der Waals surface area contributed by atoms with Gasteiger partial charge in [-0.25, -0.2) is 9.48 Å². The first kappa shape index (κ1) is 12.4. The molecule has 0 spiro atoms. The Labute approximate surface area is 101 Å². The normalized spacial score (nSPS) is 29.5. The van der Waals surface area contributed by atoms with E-state index in [9.17, 15) is 9.90 Å². The molecule has 17 heavy (non-hydrogen) atoms. The lowest BCUT2D eigenvalue weighted by atomic mass is 9.80. The molecule has 1 saturated carbocycles. The summed E-state index contributed by atoms with van der Waals surface area (Å²) < 4.78 is 3.05. The SMILES string of the molecule is CCCC1CCC(O)CC1n1ncn(C)c1=O. The maximum Gasteiger partial charge on any atom is 0.345 e. The number of aliphatic hydroxyl groups is 1. The molecule has 3 unspecified atom stereocenters. The van der Waals surface area contributed by atoms with E-state index in [-0.39, 0.29) is 17.8 Å². The van der Waals surface area contributed by atoms with Crippen LogP contribution in [0.4, 0.5) is 0 Å². The van der Waals surface area contributed by atoms with Gasteiger partial charge in [0.1, 0.15) is 6.33 Å². The van der Waals surface area contributed by atoms with Gasteiger partial charge in [0.25, 0.3) is 0 Å². The molecule has 1 heterocycles. The molecule has 1 aromatic rings. The predicted molar refractivity (Wildman–Crippen MR) is 64.8 cm³/mol. The van der Waals surface area contributed by atoms with E-state index in [1.807, 2.05) is 0 Å². The van der Waals surface area contributed by atoms with Gasteiger partial charge >= 0.3 is 5.69 Å². The molecule has 1 aliphatic carbocycles. The second-order valence-corrected chi connectivity index (χ2v) is 5.05. The van der Waals surface area contributed by atoms with Crippen molar-refractivity contribution in [1.82, 2.24) is 14.3 Å². The number of aryl methyl sites for hydroxylation is 1. The topological polar surface area (TPSA) is 60.0 Å². The molecule has 5 heteroatoms. The maximum absolute atomic E-state index is 11.9. The van der Waals surface area contributed by atoms with Crippen molar-refractivity contribution in [3.63, 3.8) is 0 Å². The van der Waals surface area contributed by atoms with Crippen molar-refractivity contribution >= 4 is 0 Å². The highest BCUT2D eigenvalue weighted by atomic mass is 16.3. The number of hydrogen-bond acceptors (Lipinski definition) is 3. The Hall–Kier alpha value is -1.10. The summed E-state index contributed by atoms with van der Waals surface area (Å²) >= 11 is 0. The van der Waals surface area contributed by atoms with Gasteiger partial charge in [-0.1, -0.05) is 13.3 Å². The van der Waals surface area contributed by atoms with Crippen molar-refractivity contribution in [2.45, 2.75) is 51.2 Å². The van der Waals surface area contributed by atoms with Crippen LogP contribution in [0, 0.1) is 5.92 Å². The first-order chi connectivity index (χ1) is 8.13. The molecule has 0 bridgehead atoms. The van der Waals surface area contributed by atoms with Crippen molar-refractivity contribution in [2.75, 3.05) is 0 Å². The van der Waals surface area contributed by atoms with E-state index < -0.39 is 0 Å². The van der Waals surface area contributed by atoms with Crippen LogP contribution in [0.3, 0.4) is 0 Å². The van der Waals surface area contributed by atoms with Crippen molar-refractivity contribution in [3.8, 4) is 0 Å². The van der Waals surface area contributed by atoms with Crippen molar-refractivity contribution < 1.29 is 5.11 Å². The highest BCUT2D eigenvalue weighted by Gasteiger charge is 2.32. The summed E-state index contributed by atoms with van der Waals surface area (Å²) in [6, 6.07) is 0.0624. The maximum atomic E-state index is 11.9. The lowest BCUT2D eigenvalue weighted by Gasteiger charge is -2.33. The van der Waals surface area contributed by atoms with Crippen molar-refractivity contribution in [1.29, 1.82) is 0 Å². The van der Waals surface area contributed by atoms with E-state index in [1.165, 1.54) is 4.57 Å². The second-order valence-electron chi connectivity index (χ2n) is 5.05. The third-order valence-corrected chi connectivity index (χ3v) is 3.75. The highest BCUT2D eigenvalue weighted by Crippen LogP contribution is 2.35. The summed E-state index contributed by atoms with van der Waals surface area (Å²) in [7, 11) is 1.71. The smallest absolute Gasteiger partial charge is 0.345 e. The Morgan fingerprint density at radius 1 is 1.53 bits per heavy atom.